The van der Waals surface area contributed by atoms with Crippen LogP contribution in [0, 0.1) is 17.6 Å². The van der Waals surface area contributed by atoms with Crippen LogP contribution in [0.3, 0.4) is 0 Å². The largest absolute Gasteiger partial charge is 0.435 e. The van der Waals surface area contributed by atoms with Gasteiger partial charge in [0, 0.05) is 85.2 Å². The Labute approximate surface area is 341 Å². The molecule has 2 fully saturated rings. The first-order chi connectivity index (χ1) is 28.7. The number of amides is 1. The van der Waals surface area contributed by atoms with E-state index in [9.17, 15) is 26.7 Å². The maximum atomic E-state index is 15.5. The Morgan fingerprint density at radius 2 is 1.68 bits per heavy atom. The molecule has 2 aromatic carbocycles. The molecular formula is C42H34F7N9OS. The average Bonchev–Trinajstić information content (AvgIpc) is 3.43. The number of carbonyl (C=O) groups excluding carboxylic acids is 1. The molecule has 1 saturated carbocycles. The molecule has 2 aliphatic carbocycles. The van der Waals surface area contributed by atoms with Crippen LogP contribution in [0.25, 0.3) is 27.2 Å². The summed E-state index contributed by atoms with van der Waals surface area (Å²) >= 11 is 1.44. The van der Waals surface area contributed by atoms with Gasteiger partial charge in [-0.2, -0.15) is 32.0 Å². The fourth-order valence-corrected chi connectivity index (χ4v) is 9.95. The van der Waals surface area contributed by atoms with Gasteiger partial charge in [0.15, 0.2) is 16.5 Å². The molecule has 1 saturated heterocycles. The molecule has 0 bridgehead atoms. The standard InChI is InChI=1S/C42H34F7N9OS/c1-21-26-3-2-4-27(30(26)19-51-21)28-18-33-39(54-40(60-33)57-11-9-56(10-12-57)25-5-7-50-8-6-25)53-36(28)32(15-22-13-23(43)16-24(44)14-22)52-34(59)20-58-38-35(37(55-58)42(47,48)49)29-17-31(29)41(38,45)46/h2-8,13-14,16,18,29,31-32,51H,1,9-12,15,17,19-20H2,(H,52,59)/t29-,31+,32-/m0/s1. The van der Waals surface area contributed by atoms with Crippen molar-refractivity contribution in [3.05, 3.63) is 125 Å². The summed E-state index contributed by atoms with van der Waals surface area (Å²) in [6.45, 7) is 6.36. The van der Waals surface area contributed by atoms with Crippen molar-refractivity contribution in [1.29, 1.82) is 0 Å². The van der Waals surface area contributed by atoms with Gasteiger partial charge in [-0.3, -0.25) is 14.5 Å². The van der Waals surface area contributed by atoms with Crippen LogP contribution < -0.4 is 20.4 Å². The second-order valence-corrected chi connectivity index (χ2v) is 16.5. The molecule has 4 aliphatic rings. The van der Waals surface area contributed by atoms with E-state index in [-0.39, 0.29) is 24.1 Å². The van der Waals surface area contributed by atoms with Crippen molar-refractivity contribution in [3.8, 4) is 11.1 Å². The summed E-state index contributed by atoms with van der Waals surface area (Å²) in [6.07, 6.45) is -1.86. The number of fused-ring (bicyclic) bond motifs is 5. The highest BCUT2D eigenvalue weighted by molar-refractivity contribution is 7.22. The average molecular weight is 846 g/mol. The number of nitrogens with zero attached hydrogens (tertiary/aromatic N) is 7. The second kappa shape index (κ2) is 14.0. The number of benzene rings is 2. The van der Waals surface area contributed by atoms with E-state index in [4.69, 9.17) is 9.97 Å². The minimum Gasteiger partial charge on any atom is -0.381 e. The predicted molar refractivity (Wildman–Crippen MR) is 210 cm³/mol. The minimum atomic E-state index is -5.02. The van der Waals surface area contributed by atoms with E-state index in [1.165, 1.54) is 11.3 Å². The molecule has 6 aromatic rings. The molecule has 3 atom stereocenters. The first-order valence-corrected chi connectivity index (χ1v) is 20.1. The lowest BCUT2D eigenvalue weighted by atomic mass is 9.91. The maximum Gasteiger partial charge on any atom is 0.435 e. The molecule has 1 amide bonds. The van der Waals surface area contributed by atoms with Gasteiger partial charge in [-0.25, -0.2) is 13.8 Å². The number of aromatic nitrogens is 5. The molecule has 0 spiro atoms. The van der Waals surface area contributed by atoms with Gasteiger partial charge >= 0.3 is 6.18 Å². The number of halogens is 7. The molecule has 18 heteroatoms. The van der Waals surface area contributed by atoms with Gasteiger partial charge in [0.05, 0.1) is 16.4 Å². The van der Waals surface area contributed by atoms with Crippen LogP contribution in [-0.2, 0) is 36.4 Å². The van der Waals surface area contributed by atoms with Crippen LogP contribution >= 0.6 is 11.3 Å². The first-order valence-electron chi connectivity index (χ1n) is 19.3. The van der Waals surface area contributed by atoms with Crippen LogP contribution in [0.15, 0.2) is 73.6 Å². The van der Waals surface area contributed by atoms with Gasteiger partial charge in [-0.1, -0.05) is 36.1 Å². The van der Waals surface area contributed by atoms with Gasteiger partial charge in [-0.05, 0) is 65.8 Å². The zero-order valence-electron chi connectivity index (χ0n) is 31.5. The Morgan fingerprint density at radius 3 is 2.42 bits per heavy atom. The number of rotatable bonds is 9. The Bertz CT molecular complexity index is 2690. The van der Waals surface area contributed by atoms with Crippen molar-refractivity contribution in [3.63, 3.8) is 0 Å². The fraction of sp³-hybridized carbons (Fsp3) is 0.310. The van der Waals surface area contributed by atoms with Crippen LogP contribution in [-0.4, -0.2) is 56.8 Å². The Hall–Kier alpha value is -6.04. The molecule has 308 valence electrons. The maximum absolute atomic E-state index is 15.5. The highest BCUT2D eigenvalue weighted by Crippen LogP contribution is 2.68. The SMILES string of the molecule is C=C1NCc2c1cccc2-c1cc2sc(N3CCN(c4ccncc4)CC3)nc2nc1[C@H](Cc1cc(F)cc(F)c1)NC(=O)Cn1nc(C(F)(F)F)c2c1C(F)(F)[C@@H]1C[C@H]21. The molecule has 0 radical (unpaired) electrons. The molecule has 10 rings (SSSR count). The summed E-state index contributed by atoms with van der Waals surface area (Å²) in [6, 6.07) is 13.2. The van der Waals surface area contributed by atoms with Crippen molar-refractivity contribution in [2.24, 2.45) is 5.92 Å². The van der Waals surface area contributed by atoms with Crippen LogP contribution in [0.5, 0.6) is 0 Å². The van der Waals surface area contributed by atoms with Crippen molar-refractivity contribution >= 4 is 44.1 Å². The third-order valence-corrected chi connectivity index (χ3v) is 12.8. The van der Waals surface area contributed by atoms with E-state index in [0.29, 0.717) is 52.4 Å². The Kier molecular flexibility index (Phi) is 8.93. The summed E-state index contributed by atoms with van der Waals surface area (Å²) in [7, 11) is 0. The van der Waals surface area contributed by atoms with Crippen LogP contribution in [0.4, 0.5) is 41.6 Å². The van der Waals surface area contributed by atoms with E-state index in [2.05, 4.69) is 37.1 Å². The molecule has 6 heterocycles. The number of nitrogens with one attached hydrogen (secondary N) is 2. The zero-order chi connectivity index (χ0) is 41.7. The number of hydrogen-bond acceptors (Lipinski definition) is 9. The number of hydrogen-bond donors (Lipinski definition) is 2. The lowest BCUT2D eigenvalue weighted by Crippen LogP contribution is -2.46. The molecule has 2 N–H and O–H groups in total. The summed E-state index contributed by atoms with van der Waals surface area (Å²) in [5.41, 5.74) is 2.60. The molecule has 10 nitrogen and oxygen atoms in total. The van der Waals surface area contributed by atoms with Gasteiger partial charge in [0.1, 0.15) is 23.9 Å². The van der Waals surface area contributed by atoms with E-state index < -0.39 is 71.0 Å². The zero-order valence-corrected chi connectivity index (χ0v) is 32.4. The van der Waals surface area contributed by atoms with Gasteiger partial charge in [0.25, 0.3) is 5.92 Å². The third kappa shape index (κ3) is 6.60. The molecule has 60 heavy (non-hydrogen) atoms. The summed E-state index contributed by atoms with van der Waals surface area (Å²) in [5.74, 6) is -8.60. The predicted octanol–water partition coefficient (Wildman–Crippen LogP) is 7.96. The van der Waals surface area contributed by atoms with Gasteiger partial charge in [0.2, 0.25) is 5.91 Å². The minimum absolute atomic E-state index is 0.101. The summed E-state index contributed by atoms with van der Waals surface area (Å²) in [5, 5.41) is 10.3. The number of anilines is 2. The highest BCUT2D eigenvalue weighted by atomic mass is 32.1. The van der Waals surface area contributed by atoms with Crippen molar-refractivity contribution in [1.82, 2.24) is 35.4 Å². The lowest BCUT2D eigenvalue weighted by Gasteiger charge is -2.35. The van der Waals surface area contributed by atoms with Crippen LogP contribution in [0.1, 0.15) is 57.7 Å². The van der Waals surface area contributed by atoms with Crippen molar-refractivity contribution < 1.29 is 35.5 Å². The monoisotopic (exact) mass is 845 g/mol. The number of thiazole rings is 1. The lowest BCUT2D eigenvalue weighted by molar-refractivity contribution is -0.142. The van der Waals surface area contributed by atoms with Crippen molar-refractivity contribution in [2.75, 3.05) is 36.0 Å². The molecular weight excluding hydrogens is 812 g/mol. The number of carbonyl (C=O) groups is 1. The molecule has 4 aromatic heterocycles. The van der Waals surface area contributed by atoms with E-state index in [0.717, 1.165) is 52.3 Å². The summed E-state index contributed by atoms with van der Waals surface area (Å²) < 4.78 is 104. The Morgan fingerprint density at radius 1 is 0.967 bits per heavy atom. The quantitative estimate of drug-likeness (QED) is 0.142. The fourth-order valence-electron chi connectivity index (χ4n) is 8.95. The number of alkyl halides is 5. The third-order valence-electron chi connectivity index (χ3n) is 11.8. The number of piperazine rings is 1. The Balaban J connectivity index is 1.05. The normalized spacial score (nSPS) is 19.6. The molecule has 0 unspecified atom stereocenters. The second-order valence-electron chi connectivity index (χ2n) is 15.5. The summed E-state index contributed by atoms with van der Waals surface area (Å²) in [4.78, 5) is 32.5. The molecule has 2 aliphatic heterocycles. The van der Waals surface area contributed by atoms with E-state index in [1.54, 1.807) is 12.4 Å². The number of pyridine rings is 2. The smallest absolute Gasteiger partial charge is 0.381 e. The van der Waals surface area contributed by atoms with Crippen molar-refractivity contribution in [2.45, 2.75) is 50.0 Å². The van der Waals surface area contributed by atoms with E-state index >= 15 is 8.78 Å². The topological polar surface area (TPSA) is 104 Å². The van der Waals surface area contributed by atoms with Crippen LogP contribution in [0.2, 0.25) is 0 Å². The first kappa shape index (κ1) is 38.2. The highest BCUT2D eigenvalue weighted by Gasteiger charge is 2.68. The van der Waals surface area contributed by atoms with Gasteiger partial charge < -0.3 is 20.4 Å². The van der Waals surface area contributed by atoms with Gasteiger partial charge in [-0.15, -0.1) is 0 Å². The van der Waals surface area contributed by atoms with E-state index in [1.807, 2.05) is 36.4 Å².